The molecule has 0 spiro atoms. The van der Waals surface area contributed by atoms with Crippen LogP contribution in [0.5, 0.6) is 5.75 Å². The first-order valence-corrected chi connectivity index (χ1v) is 9.46. The number of rotatable bonds is 6. The summed E-state index contributed by atoms with van der Waals surface area (Å²) >= 11 is 0. The first-order valence-electron chi connectivity index (χ1n) is 9.46. The molecule has 0 heterocycles. The van der Waals surface area contributed by atoms with E-state index in [-0.39, 0.29) is 17.7 Å². The fourth-order valence-corrected chi connectivity index (χ4v) is 3.11. The van der Waals surface area contributed by atoms with Crippen LogP contribution < -0.4 is 15.5 Å². The molecule has 2 amide bonds. The first-order chi connectivity index (χ1) is 14.2. The van der Waals surface area contributed by atoms with Crippen molar-refractivity contribution in [3.8, 4) is 5.75 Å². The average molecular weight is 387 g/mol. The Morgan fingerprint density at radius 2 is 1.72 bits per heavy atom. The molecular weight excluding hydrogens is 366 g/mol. The molecule has 2 N–H and O–H groups in total. The van der Waals surface area contributed by atoms with Gasteiger partial charge in [0.2, 0.25) is 5.91 Å². The van der Waals surface area contributed by atoms with Crippen LogP contribution in [0.25, 0.3) is 10.8 Å². The molecule has 3 aromatic rings. The Morgan fingerprint density at radius 1 is 1.00 bits per heavy atom. The molecule has 1 fully saturated rings. The molecule has 0 atom stereocenters. The van der Waals surface area contributed by atoms with Crippen molar-refractivity contribution in [1.82, 2.24) is 5.43 Å². The summed E-state index contributed by atoms with van der Waals surface area (Å²) in [6.07, 6.45) is 3.52. The zero-order chi connectivity index (χ0) is 20.2. The van der Waals surface area contributed by atoms with Gasteiger partial charge in [-0.25, -0.2) is 5.43 Å². The average Bonchev–Trinajstić information content (AvgIpc) is 3.60. The van der Waals surface area contributed by atoms with Gasteiger partial charge in [-0.2, -0.15) is 5.10 Å². The minimum absolute atomic E-state index is 0.0403. The Balaban J connectivity index is 1.42. The maximum absolute atomic E-state index is 12.3. The predicted octanol–water partition coefficient (Wildman–Crippen LogP) is 3.96. The highest BCUT2D eigenvalue weighted by atomic mass is 16.5. The van der Waals surface area contributed by atoms with Crippen molar-refractivity contribution in [1.29, 1.82) is 0 Å². The lowest BCUT2D eigenvalue weighted by atomic mass is 10.0. The molecule has 6 nitrogen and oxygen atoms in total. The van der Waals surface area contributed by atoms with Gasteiger partial charge in [0.05, 0.1) is 13.3 Å². The van der Waals surface area contributed by atoms with Gasteiger partial charge in [0.25, 0.3) is 5.91 Å². The SMILES string of the molecule is COc1ccc(/C=N/NC(=O)c2ccc(NC(=O)C3CC3)cc2)c2ccccc12. The van der Waals surface area contributed by atoms with Crippen molar-refractivity contribution >= 4 is 34.5 Å². The van der Waals surface area contributed by atoms with Crippen LogP contribution in [0.2, 0.25) is 0 Å². The molecule has 6 heteroatoms. The topological polar surface area (TPSA) is 79.8 Å². The number of hydrogen-bond donors (Lipinski definition) is 2. The van der Waals surface area contributed by atoms with E-state index in [4.69, 9.17) is 4.74 Å². The summed E-state index contributed by atoms with van der Waals surface area (Å²) in [4.78, 5) is 24.1. The monoisotopic (exact) mass is 387 g/mol. The van der Waals surface area contributed by atoms with Crippen molar-refractivity contribution in [2.45, 2.75) is 12.8 Å². The third-order valence-electron chi connectivity index (χ3n) is 4.87. The van der Waals surface area contributed by atoms with Gasteiger partial charge >= 0.3 is 0 Å². The zero-order valence-corrected chi connectivity index (χ0v) is 16.0. The fourth-order valence-electron chi connectivity index (χ4n) is 3.11. The largest absolute Gasteiger partial charge is 0.496 e. The lowest BCUT2D eigenvalue weighted by Gasteiger charge is -2.07. The maximum Gasteiger partial charge on any atom is 0.271 e. The normalized spacial score (nSPS) is 13.4. The summed E-state index contributed by atoms with van der Waals surface area (Å²) in [6, 6.07) is 18.4. The quantitative estimate of drug-likeness (QED) is 0.496. The van der Waals surface area contributed by atoms with Gasteiger partial charge in [-0.15, -0.1) is 0 Å². The summed E-state index contributed by atoms with van der Waals surface area (Å²) in [5.41, 5.74) is 4.57. The summed E-state index contributed by atoms with van der Waals surface area (Å²) in [6.45, 7) is 0. The smallest absolute Gasteiger partial charge is 0.271 e. The van der Waals surface area contributed by atoms with E-state index >= 15 is 0 Å². The Morgan fingerprint density at radius 3 is 2.41 bits per heavy atom. The van der Waals surface area contributed by atoms with Crippen LogP contribution in [-0.4, -0.2) is 25.1 Å². The van der Waals surface area contributed by atoms with Crippen LogP contribution in [0.1, 0.15) is 28.8 Å². The Bertz CT molecular complexity index is 1090. The number of ether oxygens (including phenoxy) is 1. The molecule has 0 unspecified atom stereocenters. The molecule has 0 aliphatic heterocycles. The van der Waals surface area contributed by atoms with Gasteiger partial charge in [0, 0.05) is 28.1 Å². The van der Waals surface area contributed by atoms with Gasteiger partial charge < -0.3 is 10.1 Å². The minimum Gasteiger partial charge on any atom is -0.496 e. The second-order valence-corrected chi connectivity index (χ2v) is 6.94. The van der Waals surface area contributed by atoms with Crippen LogP contribution in [0.15, 0.2) is 65.8 Å². The minimum atomic E-state index is -0.320. The Hall–Kier alpha value is -3.67. The lowest BCUT2D eigenvalue weighted by Crippen LogP contribution is -2.18. The van der Waals surface area contributed by atoms with Gasteiger partial charge in [0.15, 0.2) is 0 Å². The molecule has 1 aliphatic rings. The van der Waals surface area contributed by atoms with E-state index in [1.165, 1.54) is 0 Å². The van der Waals surface area contributed by atoms with Gasteiger partial charge in [0.1, 0.15) is 5.75 Å². The number of benzene rings is 3. The highest BCUT2D eigenvalue weighted by Gasteiger charge is 2.29. The molecular formula is C23H21N3O3. The standard InChI is InChI=1S/C23H21N3O3/c1-29-21-13-10-17(19-4-2-3-5-20(19)21)14-24-26-23(28)16-8-11-18(12-9-16)25-22(27)15-6-7-15/h2-5,8-15H,6-7H2,1H3,(H,25,27)(H,26,28)/b24-14+. The summed E-state index contributed by atoms with van der Waals surface area (Å²) < 4.78 is 5.39. The third kappa shape index (κ3) is 4.27. The molecule has 1 saturated carbocycles. The van der Waals surface area contributed by atoms with E-state index in [1.807, 2.05) is 36.4 Å². The first kappa shape index (κ1) is 18.7. The third-order valence-corrected chi connectivity index (χ3v) is 4.87. The molecule has 29 heavy (non-hydrogen) atoms. The van der Waals surface area contributed by atoms with Crippen LogP contribution in [0, 0.1) is 5.92 Å². The number of hydrogen-bond acceptors (Lipinski definition) is 4. The van der Waals surface area contributed by atoms with E-state index in [9.17, 15) is 9.59 Å². The van der Waals surface area contributed by atoms with E-state index in [2.05, 4.69) is 15.8 Å². The lowest BCUT2D eigenvalue weighted by molar-refractivity contribution is -0.117. The molecule has 0 aromatic heterocycles. The Labute approximate surface area is 168 Å². The molecule has 1 aliphatic carbocycles. The van der Waals surface area contributed by atoms with Crippen LogP contribution in [0.3, 0.4) is 0 Å². The summed E-state index contributed by atoms with van der Waals surface area (Å²) in [5.74, 6) is 0.648. The van der Waals surface area contributed by atoms with Crippen molar-refractivity contribution in [3.63, 3.8) is 0 Å². The van der Waals surface area contributed by atoms with Crippen LogP contribution in [0.4, 0.5) is 5.69 Å². The number of fused-ring (bicyclic) bond motifs is 1. The number of nitrogens with one attached hydrogen (secondary N) is 2. The Kier molecular flexibility index (Phi) is 5.24. The van der Waals surface area contributed by atoms with Crippen molar-refractivity contribution in [3.05, 3.63) is 71.8 Å². The maximum atomic E-state index is 12.3. The van der Waals surface area contributed by atoms with Crippen molar-refractivity contribution in [2.24, 2.45) is 11.0 Å². The van der Waals surface area contributed by atoms with Gasteiger partial charge in [-0.05, 0) is 54.6 Å². The van der Waals surface area contributed by atoms with E-state index < -0.39 is 0 Å². The van der Waals surface area contributed by atoms with Crippen LogP contribution in [-0.2, 0) is 4.79 Å². The van der Waals surface area contributed by atoms with Crippen molar-refractivity contribution in [2.75, 3.05) is 12.4 Å². The number of anilines is 1. The molecule has 3 aromatic carbocycles. The number of carbonyl (C=O) groups is 2. The van der Waals surface area contributed by atoms with Gasteiger partial charge in [-0.1, -0.05) is 24.3 Å². The van der Waals surface area contributed by atoms with Crippen molar-refractivity contribution < 1.29 is 14.3 Å². The number of methoxy groups -OCH3 is 1. The summed E-state index contributed by atoms with van der Waals surface area (Å²) in [7, 11) is 1.64. The zero-order valence-electron chi connectivity index (χ0n) is 16.0. The highest BCUT2D eigenvalue weighted by molar-refractivity contribution is 6.03. The number of amides is 2. The van der Waals surface area contributed by atoms with E-state index in [0.717, 1.165) is 34.9 Å². The van der Waals surface area contributed by atoms with Gasteiger partial charge in [-0.3, -0.25) is 9.59 Å². The molecule has 146 valence electrons. The van der Waals surface area contributed by atoms with E-state index in [1.54, 1.807) is 37.6 Å². The second kappa shape index (κ2) is 8.14. The number of nitrogens with zero attached hydrogens (tertiary/aromatic N) is 1. The molecule has 0 saturated heterocycles. The fraction of sp³-hybridized carbons (Fsp3) is 0.174. The number of hydrazone groups is 1. The van der Waals surface area contributed by atoms with E-state index in [0.29, 0.717) is 11.3 Å². The van der Waals surface area contributed by atoms with Crippen LogP contribution >= 0.6 is 0 Å². The highest BCUT2D eigenvalue weighted by Crippen LogP contribution is 2.30. The number of carbonyl (C=O) groups excluding carboxylic acids is 2. The molecule has 0 radical (unpaired) electrons. The summed E-state index contributed by atoms with van der Waals surface area (Å²) in [5, 5.41) is 8.91. The molecule has 0 bridgehead atoms. The molecule has 4 rings (SSSR count). The predicted molar refractivity (Wildman–Crippen MR) is 113 cm³/mol. The second-order valence-electron chi connectivity index (χ2n) is 6.94.